The molecule has 0 bridgehead atoms. The Morgan fingerprint density at radius 3 is 2.43 bits per heavy atom. The zero-order valence-electron chi connectivity index (χ0n) is 16.1. The van der Waals surface area contributed by atoms with Gasteiger partial charge in [0.15, 0.2) is 11.6 Å². The van der Waals surface area contributed by atoms with Gasteiger partial charge in [0.05, 0.1) is 12.2 Å². The van der Waals surface area contributed by atoms with Crippen molar-refractivity contribution in [1.82, 2.24) is 10.0 Å². The molecular weight excluding hydrogens is 368 g/mol. The number of anilines is 2. The lowest BCUT2D eigenvalue weighted by molar-refractivity contribution is 0.00985. The number of nitrogens with zero attached hydrogens (tertiary/aromatic N) is 4. The Morgan fingerprint density at radius 1 is 1.14 bits per heavy atom. The highest BCUT2D eigenvalue weighted by Gasteiger charge is 2.33. The third kappa shape index (κ3) is 3.92. The zero-order chi connectivity index (χ0) is 19.8. The summed E-state index contributed by atoms with van der Waals surface area (Å²) in [5.74, 6) is -0.589. The first kappa shape index (κ1) is 19.4. The molecule has 2 aliphatic heterocycles. The van der Waals surface area contributed by atoms with Gasteiger partial charge in [0.2, 0.25) is 0 Å². The summed E-state index contributed by atoms with van der Waals surface area (Å²) in [5.41, 5.74) is 5.64. The standard InChI is InChI=1S/C19H27F2N5O2/c1-23-4-5-24(6-7-25(23)11-13-2-3-13)18-16(20)8-14(9-17(18)21)26-12-15(10-22)28-19(26)27/h8-9,13,15H,2-7,10-12,22H2,1H3/t15-/m0/s1. The lowest BCUT2D eigenvalue weighted by Gasteiger charge is -2.29. The molecule has 3 fully saturated rings. The number of hydrogen-bond donors (Lipinski definition) is 1. The second-order valence-corrected chi connectivity index (χ2v) is 7.83. The normalized spacial score (nSPS) is 24.6. The van der Waals surface area contributed by atoms with Crippen LogP contribution < -0.4 is 15.5 Å². The molecule has 2 saturated heterocycles. The third-order valence-electron chi connectivity index (χ3n) is 5.74. The molecule has 154 valence electrons. The van der Waals surface area contributed by atoms with Crippen LogP contribution >= 0.6 is 0 Å². The van der Waals surface area contributed by atoms with E-state index in [0.29, 0.717) is 19.6 Å². The molecule has 1 aromatic carbocycles. The number of cyclic esters (lactones) is 1. The molecule has 1 saturated carbocycles. The fourth-order valence-corrected chi connectivity index (χ4v) is 3.84. The van der Waals surface area contributed by atoms with Crippen molar-refractivity contribution in [2.45, 2.75) is 18.9 Å². The highest BCUT2D eigenvalue weighted by molar-refractivity contribution is 5.90. The van der Waals surface area contributed by atoms with E-state index in [1.807, 2.05) is 7.05 Å². The number of carbonyl (C=O) groups excluding carboxylic acids is 1. The van der Waals surface area contributed by atoms with Gasteiger partial charge in [0, 0.05) is 58.4 Å². The molecule has 3 aliphatic rings. The summed E-state index contributed by atoms with van der Waals surface area (Å²) >= 11 is 0. The maximum Gasteiger partial charge on any atom is 0.414 e. The van der Waals surface area contributed by atoms with Crippen molar-refractivity contribution in [3.8, 4) is 0 Å². The van der Waals surface area contributed by atoms with E-state index in [9.17, 15) is 13.6 Å². The molecule has 1 aliphatic carbocycles. The molecule has 0 radical (unpaired) electrons. The summed E-state index contributed by atoms with van der Waals surface area (Å²) in [5, 5.41) is 4.42. The van der Waals surface area contributed by atoms with Crippen molar-refractivity contribution in [2.75, 3.05) is 62.7 Å². The predicted molar refractivity (Wildman–Crippen MR) is 102 cm³/mol. The van der Waals surface area contributed by atoms with Gasteiger partial charge in [-0.1, -0.05) is 0 Å². The highest BCUT2D eigenvalue weighted by atomic mass is 19.1. The molecule has 0 unspecified atom stereocenters. The first-order valence-electron chi connectivity index (χ1n) is 9.84. The minimum absolute atomic E-state index is 0.0339. The Balaban J connectivity index is 1.51. The van der Waals surface area contributed by atoms with E-state index in [0.717, 1.165) is 19.0 Å². The summed E-state index contributed by atoms with van der Waals surface area (Å²) in [6.07, 6.45) is 1.44. The van der Waals surface area contributed by atoms with E-state index in [-0.39, 0.29) is 24.5 Å². The molecule has 0 aromatic heterocycles. The van der Waals surface area contributed by atoms with E-state index in [2.05, 4.69) is 10.0 Å². The van der Waals surface area contributed by atoms with Crippen LogP contribution in [-0.2, 0) is 4.74 Å². The van der Waals surface area contributed by atoms with Crippen LogP contribution in [0.1, 0.15) is 12.8 Å². The Hall–Kier alpha value is -1.97. The lowest BCUT2D eigenvalue weighted by Crippen LogP contribution is -2.41. The number of carbonyl (C=O) groups is 1. The minimum Gasteiger partial charge on any atom is -0.443 e. The fraction of sp³-hybridized carbons (Fsp3) is 0.632. The summed E-state index contributed by atoms with van der Waals surface area (Å²) in [4.78, 5) is 14.9. The summed E-state index contributed by atoms with van der Waals surface area (Å²) < 4.78 is 34.9. The molecule has 1 amide bonds. The van der Waals surface area contributed by atoms with Gasteiger partial charge >= 0.3 is 6.09 Å². The average molecular weight is 395 g/mol. The third-order valence-corrected chi connectivity index (χ3v) is 5.74. The van der Waals surface area contributed by atoms with Gasteiger partial charge in [0.25, 0.3) is 0 Å². The first-order chi connectivity index (χ1) is 13.5. The van der Waals surface area contributed by atoms with Crippen molar-refractivity contribution in [2.24, 2.45) is 11.7 Å². The lowest BCUT2D eigenvalue weighted by atomic mass is 10.2. The van der Waals surface area contributed by atoms with Crippen LogP contribution in [0.2, 0.25) is 0 Å². The molecule has 4 rings (SSSR count). The molecule has 28 heavy (non-hydrogen) atoms. The molecule has 1 atom stereocenters. The quantitative estimate of drug-likeness (QED) is 0.818. The van der Waals surface area contributed by atoms with E-state index < -0.39 is 23.8 Å². The number of rotatable bonds is 5. The van der Waals surface area contributed by atoms with Crippen molar-refractivity contribution in [3.05, 3.63) is 23.8 Å². The monoisotopic (exact) mass is 395 g/mol. The molecule has 1 aromatic rings. The number of nitrogens with two attached hydrogens (primary N) is 1. The maximum absolute atomic E-state index is 14.9. The Kier molecular flexibility index (Phi) is 5.39. The van der Waals surface area contributed by atoms with Crippen molar-refractivity contribution >= 4 is 17.5 Å². The zero-order valence-corrected chi connectivity index (χ0v) is 16.1. The van der Waals surface area contributed by atoms with Crippen molar-refractivity contribution < 1.29 is 18.3 Å². The Bertz CT molecular complexity index is 722. The van der Waals surface area contributed by atoms with Gasteiger partial charge in [-0.05, 0) is 18.8 Å². The number of halogens is 2. The molecule has 2 heterocycles. The number of ether oxygens (including phenoxy) is 1. The van der Waals surface area contributed by atoms with Crippen molar-refractivity contribution in [1.29, 1.82) is 0 Å². The smallest absolute Gasteiger partial charge is 0.414 e. The van der Waals surface area contributed by atoms with Crippen LogP contribution in [0.25, 0.3) is 0 Å². The highest BCUT2D eigenvalue weighted by Crippen LogP contribution is 2.33. The topological polar surface area (TPSA) is 65.3 Å². The predicted octanol–water partition coefficient (Wildman–Crippen LogP) is 1.63. The number of hydrogen-bond acceptors (Lipinski definition) is 6. The van der Waals surface area contributed by atoms with E-state index in [1.54, 1.807) is 4.90 Å². The second kappa shape index (κ2) is 7.81. The number of benzene rings is 1. The van der Waals surface area contributed by atoms with Crippen LogP contribution in [0.3, 0.4) is 0 Å². The minimum atomic E-state index is -0.669. The molecule has 2 N–H and O–H groups in total. The first-order valence-corrected chi connectivity index (χ1v) is 9.84. The van der Waals surface area contributed by atoms with E-state index >= 15 is 0 Å². The van der Waals surface area contributed by atoms with Crippen LogP contribution in [0.15, 0.2) is 12.1 Å². The number of likely N-dealkylation sites (N-methyl/N-ethyl adjacent to an activating group) is 1. The van der Waals surface area contributed by atoms with Crippen LogP contribution in [0.4, 0.5) is 25.0 Å². The molecule has 7 nitrogen and oxygen atoms in total. The summed E-state index contributed by atoms with van der Waals surface area (Å²) in [6.45, 7) is 3.88. The van der Waals surface area contributed by atoms with E-state index in [4.69, 9.17) is 10.5 Å². The molecular formula is C19H27F2N5O2. The van der Waals surface area contributed by atoms with Crippen LogP contribution in [0.5, 0.6) is 0 Å². The van der Waals surface area contributed by atoms with Gasteiger partial charge in [-0.3, -0.25) is 4.90 Å². The largest absolute Gasteiger partial charge is 0.443 e. The summed E-state index contributed by atoms with van der Waals surface area (Å²) in [7, 11) is 2.02. The Morgan fingerprint density at radius 2 is 1.82 bits per heavy atom. The number of hydrazine groups is 1. The molecule has 0 spiro atoms. The SMILES string of the molecule is CN1CCN(c2c(F)cc(N3C[C@H](CN)OC3=O)cc2F)CCN1CC1CC1. The summed E-state index contributed by atoms with van der Waals surface area (Å²) in [6, 6.07) is 2.41. The van der Waals surface area contributed by atoms with Crippen molar-refractivity contribution in [3.63, 3.8) is 0 Å². The maximum atomic E-state index is 14.9. The van der Waals surface area contributed by atoms with Gasteiger partial charge in [0.1, 0.15) is 11.8 Å². The second-order valence-electron chi connectivity index (χ2n) is 7.83. The Labute approximate surface area is 163 Å². The van der Waals surface area contributed by atoms with Gasteiger partial charge < -0.3 is 15.4 Å². The van der Waals surface area contributed by atoms with Gasteiger partial charge in [-0.2, -0.15) is 0 Å². The van der Waals surface area contributed by atoms with Gasteiger partial charge in [-0.15, -0.1) is 0 Å². The van der Waals surface area contributed by atoms with Gasteiger partial charge in [-0.25, -0.2) is 23.6 Å². The van der Waals surface area contributed by atoms with E-state index in [1.165, 1.54) is 29.9 Å². The average Bonchev–Trinajstić information content (AvgIpc) is 3.42. The number of amides is 1. The fourth-order valence-electron chi connectivity index (χ4n) is 3.84. The van der Waals surface area contributed by atoms with Crippen LogP contribution in [-0.4, -0.2) is 75.1 Å². The molecule has 9 heteroatoms. The van der Waals surface area contributed by atoms with Crippen LogP contribution in [0, 0.1) is 17.6 Å².